The average Bonchev–Trinajstić information content (AvgIpc) is 3.30. The Labute approximate surface area is 172 Å². The van der Waals surface area contributed by atoms with Gasteiger partial charge in [0.25, 0.3) is 5.91 Å². The number of rotatable bonds is 4. The molecule has 2 amide bonds. The van der Waals surface area contributed by atoms with Gasteiger partial charge in [-0.15, -0.1) is 0 Å². The van der Waals surface area contributed by atoms with Gasteiger partial charge >= 0.3 is 6.09 Å². The van der Waals surface area contributed by atoms with E-state index in [0.29, 0.717) is 11.3 Å². The SMILES string of the molecule is CC(C)(C)OC(=O)N1CC(C#N)C(NC(=O)c2ccccc2OC2CCCC2)C1. The third-order valence-electron chi connectivity index (χ3n) is 5.18. The molecular formula is C22H29N3O4. The van der Waals surface area contributed by atoms with Crippen LogP contribution in [-0.4, -0.2) is 47.7 Å². The molecule has 2 fully saturated rings. The topological polar surface area (TPSA) is 91.7 Å². The number of amides is 2. The highest BCUT2D eigenvalue weighted by Crippen LogP contribution is 2.27. The van der Waals surface area contributed by atoms with Crippen LogP contribution in [0, 0.1) is 17.2 Å². The molecule has 0 bridgehead atoms. The summed E-state index contributed by atoms with van der Waals surface area (Å²) in [7, 11) is 0. The zero-order valence-electron chi connectivity index (χ0n) is 17.3. The first-order valence-corrected chi connectivity index (χ1v) is 10.2. The predicted molar refractivity (Wildman–Crippen MR) is 107 cm³/mol. The van der Waals surface area contributed by atoms with Crippen LogP contribution in [0.15, 0.2) is 24.3 Å². The lowest BCUT2D eigenvalue weighted by atomic mass is 10.1. The zero-order valence-corrected chi connectivity index (χ0v) is 17.3. The van der Waals surface area contributed by atoms with Gasteiger partial charge in [0.1, 0.15) is 11.4 Å². The summed E-state index contributed by atoms with van der Waals surface area (Å²) in [4.78, 5) is 26.7. The number of hydrogen-bond donors (Lipinski definition) is 1. The molecule has 1 aliphatic carbocycles. The van der Waals surface area contributed by atoms with Crippen molar-refractivity contribution in [3.8, 4) is 11.8 Å². The molecule has 0 spiro atoms. The van der Waals surface area contributed by atoms with Gasteiger partial charge in [-0.2, -0.15) is 5.26 Å². The van der Waals surface area contributed by atoms with E-state index in [1.54, 1.807) is 39.0 Å². The second-order valence-electron chi connectivity index (χ2n) is 8.72. The second-order valence-corrected chi connectivity index (χ2v) is 8.72. The van der Waals surface area contributed by atoms with Crippen LogP contribution in [0.2, 0.25) is 0 Å². The molecule has 3 rings (SSSR count). The summed E-state index contributed by atoms with van der Waals surface area (Å²) in [6, 6.07) is 8.90. The molecule has 7 heteroatoms. The van der Waals surface area contributed by atoms with Gasteiger partial charge in [-0.3, -0.25) is 4.79 Å². The third-order valence-corrected chi connectivity index (χ3v) is 5.18. The van der Waals surface area contributed by atoms with Crippen LogP contribution in [0.5, 0.6) is 5.75 Å². The number of benzene rings is 1. The summed E-state index contributed by atoms with van der Waals surface area (Å²) in [5, 5.41) is 12.4. The number of ether oxygens (including phenoxy) is 2. The molecule has 2 aliphatic rings. The number of hydrogen-bond acceptors (Lipinski definition) is 5. The first-order chi connectivity index (χ1) is 13.8. The van der Waals surface area contributed by atoms with Crippen molar-refractivity contribution in [3.63, 3.8) is 0 Å². The molecule has 2 unspecified atom stereocenters. The summed E-state index contributed by atoms with van der Waals surface area (Å²) < 4.78 is 11.4. The van der Waals surface area contributed by atoms with E-state index in [9.17, 15) is 14.9 Å². The van der Waals surface area contributed by atoms with Crippen LogP contribution in [0.4, 0.5) is 4.79 Å². The smallest absolute Gasteiger partial charge is 0.410 e. The number of carbonyl (C=O) groups is 2. The molecule has 7 nitrogen and oxygen atoms in total. The van der Waals surface area contributed by atoms with Crippen LogP contribution in [0.1, 0.15) is 56.8 Å². The Morgan fingerprint density at radius 1 is 1.17 bits per heavy atom. The Morgan fingerprint density at radius 2 is 1.86 bits per heavy atom. The van der Waals surface area contributed by atoms with Crippen molar-refractivity contribution in [1.82, 2.24) is 10.2 Å². The van der Waals surface area contributed by atoms with Crippen LogP contribution in [0.25, 0.3) is 0 Å². The van der Waals surface area contributed by atoms with Crippen molar-refractivity contribution in [2.45, 2.75) is 64.2 Å². The predicted octanol–water partition coefficient (Wildman–Crippen LogP) is 3.50. The number of carbonyl (C=O) groups excluding carboxylic acids is 2. The summed E-state index contributed by atoms with van der Waals surface area (Å²) in [5.74, 6) is -0.225. The second kappa shape index (κ2) is 8.73. The van der Waals surface area contributed by atoms with Crippen molar-refractivity contribution in [2.24, 2.45) is 5.92 Å². The molecule has 1 saturated heterocycles. The lowest BCUT2D eigenvalue weighted by Gasteiger charge is -2.24. The molecule has 1 saturated carbocycles. The van der Waals surface area contributed by atoms with Crippen molar-refractivity contribution in [3.05, 3.63) is 29.8 Å². The van der Waals surface area contributed by atoms with Gasteiger partial charge in [0.2, 0.25) is 0 Å². The monoisotopic (exact) mass is 399 g/mol. The van der Waals surface area contributed by atoms with Crippen molar-refractivity contribution in [2.75, 3.05) is 13.1 Å². The minimum Gasteiger partial charge on any atom is -0.490 e. The molecule has 1 heterocycles. The fraction of sp³-hybridized carbons (Fsp3) is 0.591. The van der Waals surface area contributed by atoms with Crippen LogP contribution >= 0.6 is 0 Å². The van der Waals surface area contributed by atoms with Crippen LogP contribution in [-0.2, 0) is 4.74 Å². The Morgan fingerprint density at radius 3 is 2.52 bits per heavy atom. The van der Waals surface area contributed by atoms with Crippen molar-refractivity contribution in [1.29, 1.82) is 5.26 Å². The minimum absolute atomic E-state index is 0.143. The van der Waals surface area contributed by atoms with E-state index < -0.39 is 23.7 Å². The summed E-state index contributed by atoms with van der Waals surface area (Å²) >= 11 is 0. The number of likely N-dealkylation sites (tertiary alicyclic amines) is 1. The third kappa shape index (κ3) is 5.41. The van der Waals surface area contributed by atoms with E-state index in [4.69, 9.17) is 9.47 Å². The lowest BCUT2D eigenvalue weighted by molar-refractivity contribution is 0.0287. The molecule has 1 aromatic rings. The molecular weight excluding hydrogens is 370 g/mol. The lowest BCUT2D eigenvalue weighted by Crippen LogP contribution is -2.41. The minimum atomic E-state index is -0.614. The number of nitrogens with zero attached hydrogens (tertiary/aromatic N) is 2. The highest BCUT2D eigenvalue weighted by atomic mass is 16.6. The van der Waals surface area contributed by atoms with E-state index in [0.717, 1.165) is 25.7 Å². The van der Waals surface area contributed by atoms with Gasteiger partial charge in [-0.1, -0.05) is 12.1 Å². The Kier molecular flexibility index (Phi) is 6.31. The summed E-state index contributed by atoms with van der Waals surface area (Å²) in [5.41, 5.74) is -0.163. The maximum atomic E-state index is 12.9. The Bertz CT molecular complexity index is 790. The summed E-state index contributed by atoms with van der Waals surface area (Å²) in [6.07, 6.45) is 3.96. The molecule has 0 aromatic heterocycles. The average molecular weight is 399 g/mol. The van der Waals surface area contributed by atoms with Gasteiger partial charge < -0.3 is 19.7 Å². The van der Waals surface area contributed by atoms with Gasteiger partial charge in [0.05, 0.1) is 29.7 Å². The van der Waals surface area contributed by atoms with E-state index in [1.807, 2.05) is 6.07 Å². The van der Waals surface area contributed by atoms with Gasteiger partial charge in [0.15, 0.2) is 0 Å². The standard InChI is InChI=1S/C22H29N3O4/c1-22(2,3)29-21(27)25-13-15(12-23)18(14-25)24-20(26)17-10-6-7-11-19(17)28-16-8-4-5-9-16/h6-7,10-11,15-16,18H,4-5,8-9,13-14H2,1-3H3,(H,24,26). The van der Waals surface area contributed by atoms with E-state index >= 15 is 0 Å². The van der Waals surface area contributed by atoms with Gasteiger partial charge in [-0.05, 0) is 58.6 Å². The normalized spacial score (nSPS) is 22.2. The van der Waals surface area contributed by atoms with Gasteiger partial charge in [0, 0.05) is 13.1 Å². The largest absolute Gasteiger partial charge is 0.490 e. The molecule has 1 N–H and O–H groups in total. The molecule has 1 aliphatic heterocycles. The molecule has 1 aromatic carbocycles. The Hall–Kier alpha value is -2.75. The highest BCUT2D eigenvalue weighted by Gasteiger charge is 2.38. The fourth-order valence-corrected chi connectivity index (χ4v) is 3.75. The number of para-hydroxylation sites is 1. The quantitative estimate of drug-likeness (QED) is 0.837. The zero-order chi connectivity index (χ0) is 21.0. The van der Waals surface area contributed by atoms with Crippen molar-refractivity contribution >= 4 is 12.0 Å². The molecule has 2 atom stereocenters. The molecule has 0 radical (unpaired) electrons. The van der Waals surface area contributed by atoms with E-state index in [1.165, 1.54) is 4.90 Å². The maximum absolute atomic E-state index is 12.9. The van der Waals surface area contributed by atoms with Gasteiger partial charge in [-0.25, -0.2) is 4.79 Å². The van der Waals surface area contributed by atoms with Crippen molar-refractivity contribution < 1.29 is 19.1 Å². The van der Waals surface area contributed by atoms with E-state index in [-0.39, 0.29) is 25.1 Å². The first kappa shape index (κ1) is 21.0. The van der Waals surface area contributed by atoms with E-state index in [2.05, 4.69) is 11.4 Å². The first-order valence-electron chi connectivity index (χ1n) is 10.2. The number of nitrogens with one attached hydrogen (secondary N) is 1. The molecule has 156 valence electrons. The summed E-state index contributed by atoms with van der Waals surface area (Å²) in [6.45, 7) is 5.86. The highest BCUT2D eigenvalue weighted by molar-refractivity contribution is 5.97. The maximum Gasteiger partial charge on any atom is 0.410 e. The van der Waals surface area contributed by atoms with Crippen LogP contribution < -0.4 is 10.1 Å². The molecule has 29 heavy (non-hydrogen) atoms. The Balaban J connectivity index is 1.67. The fourth-order valence-electron chi connectivity index (χ4n) is 3.75. The number of nitriles is 1. The van der Waals surface area contributed by atoms with Crippen LogP contribution in [0.3, 0.4) is 0 Å².